The van der Waals surface area contributed by atoms with Crippen LogP contribution in [-0.2, 0) is 12.8 Å². The summed E-state index contributed by atoms with van der Waals surface area (Å²) in [4.78, 5) is 0. The number of allylic oxidation sites excluding steroid dienone is 2. The van der Waals surface area contributed by atoms with Gasteiger partial charge in [-0.2, -0.15) is 0 Å². The lowest BCUT2D eigenvalue weighted by molar-refractivity contribution is 0.0858. The van der Waals surface area contributed by atoms with Crippen LogP contribution in [0.25, 0.3) is 0 Å². The molecule has 1 atom stereocenters. The van der Waals surface area contributed by atoms with E-state index in [1.807, 2.05) is 18.2 Å². The van der Waals surface area contributed by atoms with E-state index in [1.165, 1.54) is 11.1 Å². The minimum absolute atomic E-state index is 0.224. The maximum absolute atomic E-state index is 6.41. The number of aryl methyl sites for hydroxylation is 2. The zero-order chi connectivity index (χ0) is 15.3. The highest BCUT2D eigenvalue weighted by Crippen LogP contribution is 2.36. The van der Waals surface area contributed by atoms with Crippen LogP contribution in [0, 0.1) is 0 Å². The van der Waals surface area contributed by atoms with E-state index < -0.39 is 0 Å². The molecule has 0 saturated carbocycles. The number of rotatable bonds is 5. The summed E-state index contributed by atoms with van der Waals surface area (Å²) in [6, 6.07) is 19.0. The maximum atomic E-state index is 6.41. The highest BCUT2D eigenvalue weighted by molar-refractivity contribution is 5.37. The summed E-state index contributed by atoms with van der Waals surface area (Å²) >= 11 is 0. The molecule has 0 saturated heterocycles. The molecule has 2 aromatic carbocycles. The molecule has 1 aliphatic heterocycles. The molecule has 1 nitrogen and oxygen atoms in total. The summed E-state index contributed by atoms with van der Waals surface area (Å²) in [7, 11) is 0. The molecule has 22 heavy (non-hydrogen) atoms. The highest BCUT2D eigenvalue weighted by Gasteiger charge is 2.33. The lowest BCUT2D eigenvalue weighted by atomic mass is 9.85. The smallest absolute Gasteiger partial charge is 0.128 e. The number of para-hydroxylation sites is 1. The van der Waals surface area contributed by atoms with E-state index in [2.05, 4.69) is 61.2 Å². The molecule has 1 heteroatoms. The summed E-state index contributed by atoms with van der Waals surface area (Å²) in [6.45, 7) is 3.80. The number of ether oxygens (including phenoxy) is 1. The summed E-state index contributed by atoms with van der Waals surface area (Å²) in [5.41, 5.74) is 2.44. The Balaban J connectivity index is 1.80. The predicted molar refractivity (Wildman–Crippen MR) is 92.2 cm³/mol. The molecule has 0 N–H and O–H groups in total. The van der Waals surface area contributed by atoms with Crippen LogP contribution in [0.15, 0.2) is 79.4 Å². The topological polar surface area (TPSA) is 9.23 Å². The van der Waals surface area contributed by atoms with Gasteiger partial charge in [-0.1, -0.05) is 67.3 Å². The van der Waals surface area contributed by atoms with E-state index in [1.54, 1.807) is 0 Å². The number of hydrogen-bond acceptors (Lipinski definition) is 1. The fourth-order valence-corrected chi connectivity index (χ4v) is 3.05. The predicted octanol–water partition coefficient (Wildman–Crippen LogP) is 5.13. The number of hydrogen-bond donors (Lipinski definition) is 0. The van der Waals surface area contributed by atoms with Crippen LogP contribution in [0.5, 0.6) is 5.75 Å². The quantitative estimate of drug-likeness (QED) is 0.694. The van der Waals surface area contributed by atoms with Crippen molar-refractivity contribution in [2.24, 2.45) is 0 Å². The maximum Gasteiger partial charge on any atom is 0.128 e. The third kappa shape index (κ3) is 3.30. The molecule has 1 heterocycles. The van der Waals surface area contributed by atoms with E-state index in [0.717, 1.165) is 31.4 Å². The summed E-state index contributed by atoms with van der Waals surface area (Å²) in [5.74, 6) is 1.02. The van der Waals surface area contributed by atoms with Gasteiger partial charge < -0.3 is 4.74 Å². The van der Waals surface area contributed by atoms with Gasteiger partial charge in [-0.25, -0.2) is 0 Å². The van der Waals surface area contributed by atoms with E-state index in [4.69, 9.17) is 4.74 Å². The second-order valence-corrected chi connectivity index (χ2v) is 5.85. The van der Waals surface area contributed by atoms with Crippen LogP contribution in [0.4, 0.5) is 0 Å². The first-order chi connectivity index (χ1) is 10.8. The minimum Gasteiger partial charge on any atom is -0.483 e. The van der Waals surface area contributed by atoms with Gasteiger partial charge in [-0.05, 0) is 49.0 Å². The molecule has 2 aromatic rings. The first-order valence-electron chi connectivity index (χ1n) is 7.92. The van der Waals surface area contributed by atoms with E-state index in [-0.39, 0.29) is 5.60 Å². The van der Waals surface area contributed by atoms with Gasteiger partial charge >= 0.3 is 0 Å². The third-order valence-electron chi connectivity index (χ3n) is 4.32. The molecule has 0 aromatic heterocycles. The fraction of sp³-hybridized carbons (Fsp3) is 0.238. The Morgan fingerprint density at radius 2 is 1.82 bits per heavy atom. The molecular formula is C21H22O. The van der Waals surface area contributed by atoms with Gasteiger partial charge in [0.25, 0.3) is 0 Å². The van der Waals surface area contributed by atoms with E-state index in [0.29, 0.717) is 0 Å². The van der Waals surface area contributed by atoms with E-state index in [9.17, 15) is 0 Å². The van der Waals surface area contributed by atoms with Gasteiger partial charge in [0.15, 0.2) is 0 Å². The van der Waals surface area contributed by atoms with Crippen molar-refractivity contribution in [1.82, 2.24) is 0 Å². The summed E-state index contributed by atoms with van der Waals surface area (Å²) in [6.07, 6.45) is 10.1. The lowest BCUT2D eigenvalue weighted by Crippen LogP contribution is -2.38. The monoisotopic (exact) mass is 290 g/mol. The first-order valence-corrected chi connectivity index (χ1v) is 7.92. The van der Waals surface area contributed by atoms with Crippen molar-refractivity contribution >= 4 is 0 Å². The van der Waals surface area contributed by atoms with Gasteiger partial charge in [0.1, 0.15) is 11.4 Å². The van der Waals surface area contributed by atoms with Crippen LogP contribution in [0.3, 0.4) is 0 Å². The molecule has 0 spiro atoms. The Morgan fingerprint density at radius 3 is 2.64 bits per heavy atom. The van der Waals surface area contributed by atoms with Crippen molar-refractivity contribution < 1.29 is 4.74 Å². The standard InChI is InChI=1S/C21H22O/c1-2-3-15-21(16-13-18-9-5-4-6-10-18)17-14-19-11-7-8-12-20(19)22-21/h2-12,15H,1,13-14,16-17H2/b15-3+/t21-/m0/s1. The van der Waals surface area contributed by atoms with Crippen LogP contribution in [0.1, 0.15) is 24.0 Å². The van der Waals surface area contributed by atoms with Crippen molar-refractivity contribution in [3.05, 3.63) is 90.5 Å². The molecule has 112 valence electrons. The fourth-order valence-electron chi connectivity index (χ4n) is 3.05. The second-order valence-electron chi connectivity index (χ2n) is 5.85. The second kappa shape index (κ2) is 6.65. The summed E-state index contributed by atoms with van der Waals surface area (Å²) in [5, 5.41) is 0. The Labute approximate surface area is 133 Å². The van der Waals surface area contributed by atoms with Gasteiger partial charge in [0.05, 0.1) is 0 Å². The van der Waals surface area contributed by atoms with Crippen molar-refractivity contribution in [2.45, 2.75) is 31.3 Å². The molecule has 0 aliphatic carbocycles. The van der Waals surface area contributed by atoms with Crippen LogP contribution in [-0.4, -0.2) is 5.60 Å². The molecule has 1 aliphatic rings. The zero-order valence-corrected chi connectivity index (χ0v) is 12.9. The molecular weight excluding hydrogens is 268 g/mol. The molecule has 0 radical (unpaired) electrons. The van der Waals surface area contributed by atoms with Crippen molar-refractivity contribution in [3.63, 3.8) is 0 Å². The van der Waals surface area contributed by atoms with Crippen molar-refractivity contribution in [3.8, 4) is 5.75 Å². The minimum atomic E-state index is -0.224. The molecule has 0 unspecified atom stereocenters. The largest absolute Gasteiger partial charge is 0.483 e. The summed E-state index contributed by atoms with van der Waals surface area (Å²) < 4.78 is 6.41. The average molecular weight is 290 g/mol. The molecule has 0 amide bonds. The van der Waals surface area contributed by atoms with Crippen LogP contribution >= 0.6 is 0 Å². The van der Waals surface area contributed by atoms with Gasteiger partial charge in [-0.3, -0.25) is 0 Å². The van der Waals surface area contributed by atoms with Crippen molar-refractivity contribution in [1.29, 1.82) is 0 Å². The lowest BCUT2D eigenvalue weighted by Gasteiger charge is -2.37. The van der Waals surface area contributed by atoms with Crippen LogP contribution < -0.4 is 4.74 Å². The number of fused-ring (bicyclic) bond motifs is 1. The average Bonchev–Trinajstić information content (AvgIpc) is 2.59. The molecule has 0 bridgehead atoms. The Hall–Kier alpha value is -2.28. The van der Waals surface area contributed by atoms with E-state index >= 15 is 0 Å². The molecule has 0 fully saturated rings. The van der Waals surface area contributed by atoms with Crippen molar-refractivity contribution in [2.75, 3.05) is 0 Å². The Morgan fingerprint density at radius 1 is 1.05 bits per heavy atom. The zero-order valence-electron chi connectivity index (χ0n) is 12.9. The van der Waals surface area contributed by atoms with Gasteiger partial charge in [0, 0.05) is 0 Å². The highest BCUT2D eigenvalue weighted by atomic mass is 16.5. The third-order valence-corrected chi connectivity index (χ3v) is 4.32. The number of benzene rings is 2. The van der Waals surface area contributed by atoms with Gasteiger partial charge in [-0.15, -0.1) is 0 Å². The first kappa shape index (κ1) is 14.6. The van der Waals surface area contributed by atoms with Gasteiger partial charge in [0.2, 0.25) is 0 Å². The normalized spacial score (nSPS) is 20.4. The SMILES string of the molecule is C=C/C=C/[C@]1(CCc2ccccc2)CCc2ccccc2O1. The van der Waals surface area contributed by atoms with Crippen LogP contribution in [0.2, 0.25) is 0 Å². The Bertz CT molecular complexity index is 657. The molecule has 3 rings (SSSR count). The Kier molecular flexibility index (Phi) is 4.43.